The van der Waals surface area contributed by atoms with Crippen molar-refractivity contribution < 1.29 is 4.52 Å². The second-order valence-corrected chi connectivity index (χ2v) is 5.00. The van der Waals surface area contributed by atoms with Crippen LogP contribution in [0.25, 0.3) is 0 Å². The first-order valence-corrected chi connectivity index (χ1v) is 6.20. The SMILES string of the molecule is CC(C)N1CCCC1Cc1nc(Br)no1. The van der Waals surface area contributed by atoms with Gasteiger partial charge in [-0.05, 0) is 54.3 Å². The Labute approximate surface area is 98.2 Å². The fourth-order valence-corrected chi connectivity index (χ4v) is 2.55. The van der Waals surface area contributed by atoms with Gasteiger partial charge in [-0.25, -0.2) is 0 Å². The lowest BCUT2D eigenvalue weighted by molar-refractivity contribution is 0.192. The van der Waals surface area contributed by atoms with Gasteiger partial charge >= 0.3 is 0 Å². The van der Waals surface area contributed by atoms with Gasteiger partial charge in [0.05, 0.1) is 0 Å². The van der Waals surface area contributed by atoms with E-state index in [1.54, 1.807) is 0 Å². The van der Waals surface area contributed by atoms with Crippen LogP contribution in [0.2, 0.25) is 0 Å². The molecule has 0 bridgehead atoms. The maximum Gasteiger partial charge on any atom is 0.238 e. The molecule has 84 valence electrons. The Morgan fingerprint density at radius 2 is 2.40 bits per heavy atom. The predicted molar refractivity (Wildman–Crippen MR) is 60.6 cm³/mol. The van der Waals surface area contributed by atoms with Gasteiger partial charge in [-0.3, -0.25) is 4.90 Å². The number of halogens is 1. The van der Waals surface area contributed by atoms with Crippen LogP contribution in [0.15, 0.2) is 9.26 Å². The summed E-state index contributed by atoms with van der Waals surface area (Å²) in [6, 6.07) is 1.17. The van der Waals surface area contributed by atoms with Crippen molar-refractivity contribution in [3.63, 3.8) is 0 Å². The van der Waals surface area contributed by atoms with Gasteiger partial charge in [-0.1, -0.05) is 0 Å². The molecule has 1 aromatic rings. The van der Waals surface area contributed by atoms with Crippen molar-refractivity contribution >= 4 is 15.9 Å². The third-order valence-corrected chi connectivity index (χ3v) is 3.26. The summed E-state index contributed by atoms with van der Waals surface area (Å²) in [7, 11) is 0. The van der Waals surface area contributed by atoms with Gasteiger partial charge in [0.2, 0.25) is 10.6 Å². The number of rotatable bonds is 3. The number of aromatic nitrogens is 2. The van der Waals surface area contributed by atoms with E-state index in [1.165, 1.54) is 19.4 Å². The minimum absolute atomic E-state index is 0.548. The Morgan fingerprint density at radius 1 is 1.60 bits per heavy atom. The number of nitrogens with zero attached hydrogens (tertiary/aromatic N) is 3. The van der Waals surface area contributed by atoms with Crippen molar-refractivity contribution in [3.05, 3.63) is 10.6 Å². The van der Waals surface area contributed by atoms with Crippen molar-refractivity contribution in [1.29, 1.82) is 0 Å². The zero-order valence-electron chi connectivity index (χ0n) is 9.11. The second-order valence-electron chi connectivity index (χ2n) is 4.29. The van der Waals surface area contributed by atoms with Crippen LogP contribution in [0.1, 0.15) is 32.6 Å². The molecule has 0 radical (unpaired) electrons. The normalized spacial score (nSPS) is 22.8. The van der Waals surface area contributed by atoms with E-state index in [1.807, 2.05) is 0 Å². The molecule has 2 rings (SSSR count). The zero-order chi connectivity index (χ0) is 10.8. The summed E-state index contributed by atoms with van der Waals surface area (Å²) in [5, 5.41) is 3.74. The Balaban J connectivity index is 1.99. The molecule has 4 nitrogen and oxygen atoms in total. The van der Waals surface area contributed by atoms with Crippen LogP contribution in [-0.2, 0) is 6.42 Å². The third-order valence-electron chi connectivity index (χ3n) is 2.94. The van der Waals surface area contributed by atoms with Crippen molar-refractivity contribution in [2.24, 2.45) is 0 Å². The van der Waals surface area contributed by atoms with Crippen molar-refractivity contribution in [3.8, 4) is 0 Å². The molecule has 1 aromatic heterocycles. The first-order valence-electron chi connectivity index (χ1n) is 5.40. The summed E-state index contributed by atoms with van der Waals surface area (Å²) in [6.07, 6.45) is 3.38. The molecule has 0 aromatic carbocycles. The Hall–Kier alpha value is -0.420. The molecule has 2 heterocycles. The molecule has 5 heteroatoms. The lowest BCUT2D eigenvalue weighted by Crippen LogP contribution is -2.36. The Kier molecular flexibility index (Phi) is 3.41. The van der Waals surface area contributed by atoms with Crippen LogP contribution in [0.3, 0.4) is 0 Å². The molecule has 0 spiro atoms. The van der Waals surface area contributed by atoms with E-state index in [0.29, 0.717) is 16.8 Å². The van der Waals surface area contributed by atoms with Gasteiger partial charge in [0.15, 0.2) is 0 Å². The molecule has 0 saturated carbocycles. The highest BCUT2D eigenvalue weighted by atomic mass is 79.9. The van der Waals surface area contributed by atoms with Crippen LogP contribution >= 0.6 is 15.9 Å². The molecule has 0 amide bonds. The largest absolute Gasteiger partial charge is 0.338 e. The molecule has 15 heavy (non-hydrogen) atoms. The molecule has 1 atom stereocenters. The van der Waals surface area contributed by atoms with Gasteiger partial charge in [0, 0.05) is 18.5 Å². The van der Waals surface area contributed by atoms with Gasteiger partial charge in [0.1, 0.15) is 0 Å². The molecule has 1 saturated heterocycles. The smallest absolute Gasteiger partial charge is 0.238 e. The average Bonchev–Trinajstić information content (AvgIpc) is 2.75. The van der Waals surface area contributed by atoms with Crippen LogP contribution in [-0.4, -0.2) is 33.7 Å². The number of hydrogen-bond donors (Lipinski definition) is 0. The molecular formula is C10H16BrN3O. The fourth-order valence-electron chi connectivity index (χ4n) is 2.28. The lowest BCUT2D eigenvalue weighted by Gasteiger charge is -2.27. The van der Waals surface area contributed by atoms with E-state index in [2.05, 4.69) is 44.8 Å². The fraction of sp³-hybridized carbons (Fsp3) is 0.800. The maximum absolute atomic E-state index is 5.12. The zero-order valence-corrected chi connectivity index (χ0v) is 10.7. The summed E-state index contributed by atoms with van der Waals surface area (Å²) in [5.41, 5.74) is 0. The van der Waals surface area contributed by atoms with E-state index in [4.69, 9.17) is 4.52 Å². The molecule has 1 aliphatic rings. The van der Waals surface area contributed by atoms with E-state index in [9.17, 15) is 0 Å². The molecule has 1 fully saturated rings. The Bertz CT molecular complexity index is 326. The first-order chi connectivity index (χ1) is 7.16. The highest BCUT2D eigenvalue weighted by Gasteiger charge is 2.28. The summed E-state index contributed by atoms with van der Waals surface area (Å²) in [4.78, 5) is 6.69. The summed E-state index contributed by atoms with van der Waals surface area (Å²) in [5.74, 6) is 0.736. The monoisotopic (exact) mass is 273 g/mol. The quantitative estimate of drug-likeness (QED) is 0.847. The number of likely N-dealkylation sites (tertiary alicyclic amines) is 1. The van der Waals surface area contributed by atoms with E-state index >= 15 is 0 Å². The maximum atomic E-state index is 5.12. The lowest BCUT2D eigenvalue weighted by atomic mass is 10.1. The molecule has 0 N–H and O–H groups in total. The van der Waals surface area contributed by atoms with Gasteiger partial charge in [0.25, 0.3) is 0 Å². The molecule has 1 unspecified atom stereocenters. The van der Waals surface area contributed by atoms with Crippen LogP contribution in [0.5, 0.6) is 0 Å². The van der Waals surface area contributed by atoms with Crippen molar-refractivity contribution in [2.75, 3.05) is 6.54 Å². The predicted octanol–water partition coefficient (Wildman–Crippen LogP) is 2.25. The van der Waals surface area contributed by atoms with E-state index < -0.39 is 0 Å². The number of hydrogen-bond acceptors (Lipinski definition) is 4. The minimum Gasteiger partial charge on any atom is -0.338 e. The third kappa shape index (κ3) is 2.58. The van der Waals surface area contributed by atoms with E-state index in [-0.39, 0.29) is 0 Å². The summed E-state index contributed by atoms with van der Waals surface area (Å²) in [6.45, 7) is 5.67. The highest BCUT2D eigenvalue weighted by Crippen LogP contribution is 2.23. The van der Waals surface area contributed by atoms with Crippen molar-refractivity contribution in [2.45, 2.75) is 45.2 Å². The topological polar surface area (TPSA) is 42.2 Å². The van der Waals surface area contributed by atoms with Crippen LogP contribution < -0.4 is 0 Å². The standard InChI is InChI=1S/C10H16BrN3O/c1-7(2)14-5-3-4-8(14)6-9-12-10(11)13-15-9/h7-8H,3-6H2,1-2H3. The summed E-state index contributed by atoms with van der Waals surface area (Å²) < 4.78 is 5.67. The van der Waals surface area contributed by atoms with Crippen LogP contribution in [0.4, 0.5) is 0 Å². The van der Waals surface area contributed by atoms with Crippen LogP contribution in [0, 0.1) is 0 Å². The average molecular weight is 274 g/mol. The van der Waals surface area contributed by atoms with Gasteiger partial charge in [-0.15, -0.1) is 0 Å². The highest BCUT2D eigenvalue weighted by molar-refractivity contribution is 9.10. The molecule has 1 aliphatic heterocycles. The van der Waals surface area contributed by atoms with E-state index in [0.717, 1.165) is 12.3 Å². The van der Waals surface area contributed by atoms with Gasteiger partial charge < -0.3 is 4.52 Å². The Morgan fingerprint density at radius 3 is 3.00 bits per heavy atom. The first kappa shape index (κ1) is 11.1. The molecular weight excluding hydrogens is 258 g/mol. The second kappa shape index (κ2) is 4.61. The van der Waals surface area contributed by atoms with Gasteiger partial charge in [-0.2, -0.15) is 4.98 Å². The minimum atomic E-state index is 0.548. The molecule has 0 aliphatic carbocycles. The van der Waals surface area contributed by atoms with Crippen molar-refractivity contribution in [1.82, 2.24) is 15.0 Å². The summed E-state index contributed by atoms with van der Waals surface area (Å²) >= 11 is 3.20.